The molecule has 1 amide bonds. The SMILES string of the molecule is CCCC1(CCC)CC(=O)c2sc(N3CCOCC3)c(C(=O)NCc3ccncc3)c2C1. The molecule has 0 radical (unpaired) electrons. The number of rotatable bonds is 8. The maximum absolute atomic E-state index is 13.6. The first-order chi connectivity index (χ1) is 15.6. The Morgan fingerprint density at radius 1 is 1.16 bits per heavy atom. The van der Waals surface area contributed by atoms with Crippen LogP contribution in [-0.2, 0) is 17.7 Å². The predicted molar refractivity (Wildman–Crippen MR) is 128 cm³/mol. The molecule has 6 nitrogen and oxygen atoms in total. The van der Waals surface area contributed by atoms with E-state index in [2.05, 4.69) is 29.0 Å². The Labute approximate surface area is 194 Å². The number of nitrogens with zero attached hydrogens (tertiary/aromatic N) is 2. The van der Waals surface area contributed by atoms with E-state index in [4.69, 9.17) is 4.74 Å². The zero-order valence-electron chi connectivity index (χ0n) is 19.1. The Morgan fingerprint density at radius 2 is 1.84 bits per heavy atom. The summed E-state index contributed by atoms with van der Waals surface area (Å²) >= 11 is 1.51. The third-order valence-electron chi connectivity index (χ3n) is 6.62. The molecule has 1 aliphatic heterocycles. The number of ketones is 1. The fourth-order valence-corrected chi connectivity index (χ4v) is 6.54. The number of aromatic nitrogens is 1. The molecular weight excluding hydrogens is 422 g/mol. The van der Waals surface area contributed by atoms with Crippen molar-refractivity contribution in [3.63, 3.8) is 0 Å². The highest BCUT2D eigenvalue weighted by Gasteiger charge is 2.42. The Kier molecular flexibility index (Phi) is 7.26. The van der Waals surface area contributed by atoms with Gasteiger partial charge in [0.05, 0.1) is 23.7 Å². The molecule has 4 rings (SSSR count). The Hall–Kier alpha value is -2.25. The smallest absolute Gasteiger partial charge is 0.254 e. The second kappa shape index (κ2) is 10.1. The predicted octanol–water partition coefficient (Wildman–Crippen LogP) is 4.63. The molecule has 2 aliphatic rings. The summed E-state index contributed by atoms with van der Waals surface area (Å²) in [6.45, 7) is 7.59. The lowest BCUT2D eigenvalue weighted by atomic mass is 9.67. The summed E-state index contributed by atoms with van der Waals surface area (Å²) in [6.07, 6.45) is 9.02. The van der Waals surface area contributed by atoms with E-state index in [-0.39, 0.29) is 17.1 Å². The van der Waals surface area contributed by atoms with E-state index in [0.717, 1.165) is 66.2 Å². The standard InChI is InChI=1S/C25H33N3O3S/c1-3-7-25(8-4-2)15-19-21(23(30)27-17-18-5-9-26-10-6-18)24(28-11-13-31-14-12-28)32-22(19)20(29)16-25/h5-6,9-10H,3-4,7-8,11-17H2,1-2H3,(H,27,30). The van der Waals surface area contributed by atoms with Crippen molar-refractivity contribution in [2.75, 3.05) is 31.2 Å². The average molecular weight is 456 g/mol. The van der Waals surface area contributed by atoms with Gasteiger partial charge in [-0.1, -0.05) is 26.7 Å². The van der Waals surface area contributed by atoms with Gasteiger partial charge >= 0.3 is 0 Å². The minimum atomic E-state index is -0.0857. The number of carbonyl (C=O) groups is 2. The van der Waals surface area contributed by atoms with E-state index in [1.54, 1.807) is 12.4 Å². The van der Waals surface area contributed by atoms with Crippen LogP contribution < -0.4 is 10.2 Å². The van der Waals surface area contributed by atoms with Crippen LogP contribution in [0.3, 0.4) is 0 Å². The minimum absolute atomic E-state index is 0.0307. The molecule has 32 heavy (non-hydrogen) atoms. The van der Waals surface area contributed by atoms with Gasteiger partial charge in [-0.25, -0.2) is 0 Å². The van der Waals surface area contributed by atoms with Gasteiger partial charge in [-0.3, -0.25) is 14.6 Å². The first kappa shape index (κ1) is 22.9. The monoisotopic (exact) mass is 455 g/mol. The molecule has 3 heterocycles. The third kappa shape index (κ3) is 4.74. The normalized spacial score (nSPS) is 17.8. The van der Waals surface area contributed by atoms with Crippen LogP contribution in [0.15, 0.2) is 24.5 Å². The van der Waals surface area contributed by atoms with Crippen LogP contribution in [-0.4, -0.2) is 43.0 Å². The molecule has 2 aromatic heterocycles. The van der Waals surface area contributed by atoms with Crippen LogP contribution in [0.1, 0.15) is 77.1 Å². The second-order valence-corrected chi connectivity index (χ2v) is 10.0. The van der Waals surface area contributed by atoms with Gasteiger partial charge in [0.2, 0.25) is 0 Å². The molecule has 7 heteroatoms. The number of amides is 1. The molecule has 1 N–H and O–H groups in total. The zero-order chi connectivity index (χ0) is 22.6. The Morgan fingerprint density at radius 3 is 2.50 bits per heavy atom. The van der Waals surface area contributed by atoms with Gasteiger partial charge in [0, 0.05) is 38.4 Å². The van der Waals surface area contributed by atoms with Gasteiger partial charge < -0.3 is 15.0 Å². The maximum Gasteiger partial charge on any atom is 0.254 e. The van der Waals surface area contributed by atoms with Gasteiger partial charge in [-0.15, -0.1) is 11.3 Å². The van der Waals surface area contributed by atoms with Crippen LogP contribution >= 0.6 is 11.3 Å². The number of nitrogens with one attached hydrogen (secondary N) is 1. The van der Waals surface area contributed by atoms with Crippen LogP contribution in [0.4, 0.5) is 5.00 Å². The summed E-state index contributed by atoms with van der Waals surface area (Å²) < 4.78 is 5.54. The summed E-state index contributed by atoms with van der Waals surface area (Å²) in [5.74, 6) is 0.123. The van der Waals surface area contributed by atoms with E-state index in [1.807, 2.05) is 12.1 Å². The molecule has 0 bridgehead atoms. The number of thiophene rings is 1. The molecule has 2 aromatic rings. The van der Waals surface area contributed by atoms with Crippen molar-refractivity contribution in [3.8, 4) is 0 Å². The highest BCUT2D eigenvalue weighted by Crippen LogP contribution is 2.49. The van der Waals surface area contributed by atoms with E-state index in [1.165, 1.54) is 11.3 Å². The van der Waals surface area contributed by atoms with E-state index in [0.29, 0.717) is 31.7 Å². The van der Waals surface area contributed by atoms with Crippen LogP contribution in [0, 0.1) is 5.41 Å². The number of hydrogen-bond acceptors (Lipinski definition) is 6. The van der Waals surface area contributed by atoms with Crippen LogP contribution in [0.5, 0.6) is 0 Å². The number of hydrogen-bond donors (Lipinski definition) is 1. The average Bonchev–Trinajstić information content (AvgIpc) is 3.19. The highest BCUT2D eigenvalue weighted by molar-refractivity contribution is 7.18. The van der Waals surface area contributed by atoms with E-state index < -0.39 is 0 Å². The molecule has 1 saturated heterocycles. The lowest BCUT2D eigenvalue weighted by molar-refractivity contribution is 0.0861. The molecule has 1 fully saturated rings. The number of pyridine rings is 1. The topological polar surface area (TPSA) is 71.5 Å². The third-order valence-corrected chi connectivity index (χ3v) is 7.95. The minimum Gasteiger partial charge on any atom is -0.378 e. The van der Waals surface area contributed by atoms with Gasteiger partial charge in [0.15, 0.2) is 5.78 Å². The fourth-order valence-electron chi connectivity index (χ4n) is 5.24. The van der Waals surface area contributed by atoms with Crippen molar-refractivity contribution in [1.82, 2.24) is 10.3 Å². The largest absolute Gasteiger partial charge is 0.378 e. The summed E-state index contributed by atoms with van der Waals surface area (Å²) in [5.41, 5.74) is 2.66. The number of carbonyl (C=O) groups excluding carboxylic acids is 2. The number of morpholine rings is 1. The number of fused-ring (bicyclic) bond motifs is 1. The van der Waals surface area contributed by atoms with Gasteiger partial charge in [0.1, 0.15) is 5.00 Å². The molecule has 172 valence electrons. The summed E-state index contributed by atoms with van der Waals surface area (Å²) in [4.78, 5) is 34.0. The Balaban J connectivity index is 1.71. The molecule has 1 aliphatic carbocycles. The fraction of sp³-hybridized carbons (Fsp3) is 0.560. The van der Waals surface area contributed by atoms with Crippen molar-refractivity contribution in [2.45, 2.75) is 58.9 Å². The van der Waals surface area contributed by atoms with E-state index in [9.17, 15) is 9.59 Å². The zero-order valence-corrected chi connectivity index (χ0v) is 19.9. The maximum atomic E-state index is 13.6. The second-order valence-electron chi connectivity index (χ2n) is 9.00. The number of ether oxygens (including phenoxy) is 1. The molecule has 0 unspecified atom stereocenters. The summed E-state index contributed by atoms with van der Waals surface area (Å²) in [7, 11) is 0. The number of Topliss-reactive ketones (excluding diaryl/α,β-unsaturated/α-hetero) is 1. The highest BCUT2D eigenvalue weighted by atomic mass is 32.1. The summed E-state index contributed by atoms with van der Waals surface area (Å²) in [6, 6.07) is 3.81. The van der Waals surface area contributed by atoms with Gasteiger partial charge in [-0.05, 0) is 47.9 Å². The van der Waals surface area contributed by atoms with Crippen molar-refractivity contribution in [2.24, 2.45) is 5.41 Å². The number of anilines is 1. The first-order valence-corrected chi connectivity index (χ1v) is 12.6. The van der Waals surface area contributed by atoms with Crippen LogP contribution in [0.2, 0.25) is 0 Å². The van der Waals surface area contributed by atoms with Gasteiger partial charge in [-0.2, -0.15) is 0 Å². The van der Waals surface area contributed by atoms with Crippen molar-refractivity contribution >= 4 is 28.0 Å². The lowest BCUT2D eigenvalue weighted by Crippen LogP contribution is -2.37. The van der Waals surface area contributed by atoms with Crippen LogP contribution in [0.25, 0.3) is 0 Å². The molecule has 0 saturated carbocycles. The molecular formula is C25H33N3O3S. The van der Waals surface area contributed by atoms with Gasteiger partial charge in [0.25, 0.3) is 5.91 Å². The quantitative estimate of drug-likeness (QED) is 0.629. The van der Waals surface area contributed by atoms with E-state index >= 15 is 0 Å². The summed E-state index contributed by atoms with van der Waals surface area (Å²) in [5, 5.41) is 4.04. The molecule has 0 aromatic carbocycles. The molecule has 0 atom stereocenters. The first-order valence-electron chi connectivity index (χ1n) is 11.8. The molecule has 0 spiro atoms. The van der Waals surface area contributed by atoms with Crippen molar-refractivity contribution < 1.29 is 14.3 Å². The van der Waals surface area contributed by atoms with Crippen molar-refractivity contribution in [3.05, 3.63) is 46.1 Å². The Bertz CT molecular complexity index is 945. The lowest BCUT2D eigenvalue weighted by Gasteiger charge is -2.36. The van der Waals surface area contributed by atoms with Crippen molar-refractivity contribution in [1.29, 1.82) is 0 Å².